The Morgan fingerprint density at radius 3 is 2.21 bits per heavy atom. The highest BCUT2D eigenvalue weighted by Gasteiger charge is 2.19. The number of rotatable bonds is 4. The van der Waals surface area contributed by atoms with E-state index < -0.39 is 0 Å². The third-order valence-corrected chi connectivity index (χ3v) is 2.47. The van der Waals surface area contributed by atoms with Gasteiger partial charge in [-0.25, -0.2) is 4.39 Å². The van der Waals surface area contributed by atoms with Gasteiger partial charge >= 0.3 is 0 Å². The molecule has 0 heterocycles. The summed E-state index contributed by atoms with van der Waals surface area (Å²) >= 11 is 0. The summed E-state index contributed by atoms with van der Waals surface area (Å²) in [7, 11) is 1.86. The maximum absolute atomic E-state index is 12.9. The van der Waals surface area contributed by atoms with Crippen molar-refractivity contribution in [3.8, 4) is 0 Å². The van der Waals surface area contributed by atoms with Gasteiger partial charge < -0.3 is 4.90 Å². The van der Waals surface area contributed by atoms with Gasteiger partial charge in [0.25, 0.3) is 0 Å². The van der Waals surface area contributed by atoms with Crippen LogP contribution >= 0.6 is 0 Å². The van der Waals surface area contributed by atoms with Crippen LogP contribution in [-0.2, 0) is 0 Å². The molecular formula is C12H16FN. The minimum absolute atomic E-state index is 0.196. The fourth-order valence-electron chi connectivity index (χ4n) is 1.21. The second-order valence-electron chi connectivity index (χ2n) is 3.75. The summed E-state index contributed by atoms with van der Waals surface area (Å²) in [6.45, 7) is 11.9. The van der Waals surface area contributed by atoms with Crippen LogP contribution in [0.25, 0.3) is 0 Å². The van der Waals surface area contributed by atoms with Crippen LogP contribution < -0.4 is 0 Å². The summed E-state index contributed by atoms with van der Waals surface area (Å²) in [4.78, 5) is 1.84. The zero-order valence-corrected chi connectivity index (χ0v) is 8.97. The molecule has 0 amide bonds. The molecule has 0 bridgehead atoms. The van der Waals surface area contributed by atoms with Gasteiger partial charge in [-0.15, -0.1) is 0 Å². The quantitative estimate of drug-likeness (QED) is 0.661. The molecule has 1 aliphatic rings. The average molecular weight is 193 g/mol. The Balaban J connectivity index is 2.67. The fraction of sp³-hybridized carbons (Fsp3) is 0.333. The number of hydrogen-bond donors (Lipinski definition) is 0. The van der Waals surface area contributed by atoms with E-state index in [1.165, 1.54) is 6.08 Å². The average Bonchev–Trinajstić information content (AvgIpc) is 2.12. The highest BCUT2D eigenvalue weighted by atomic mass is 19.1. The molecule has 0 N–H and O–H groups in total. The molecule has 0 saturated carbocycles. The molecule has 1 aliphatic carbocycles. The fourth-order valence-corrected chi connectivity index (χ4v) is 1.21. The first-order valence-electron chi connectivity index (χ1n) is 4.64. The molecule has 76 valence electrons. The number of halogens is 1. The molecule has 0 spiro atoms. The predicted octanol–water partition coefficient (Wildman–Crippen LogP) is 3.40. The first-order valence-corrected chi connectivity index (χ1v) is 4.64. The second kappa shape index (κ2) is 3.82. The van der Waals surface area contributed by atoms with Gasteiger partial charge in [0, 0.05) is 24.0 Å². The van der Waals surface area contributed by atoms with Crippen molar-refractivity contribution in [3.05, 3.63) is 48.1 Å². The van der Waals surface area contributed by atoms with Crippen molar-refractivity contribution in [2.75, 3.05) is 7.05 Å². The molecule has 0 atom stereocenters. The van der Waals surface area contributed by atoms with Crippen LogP contribution in [0, 0.1) is 5.92 Å². The van der Waals surface area contributed by atoms with Crippen molar-refractivity contribution in [2.45, 2.75) is 13.8 Å². The highest BCUT2D eigenvalue weighted by Crippen LogP contribution is 2.30. The summed E-state index contributed by atoms with van der Waals surface area (Å²) in [6.07, 6.45) is 3.16. The maximum atomic E-state index is 12.9. The Morgan fingerprint density at radius 2 is 1.93 bits per heavy atom. The third-order valence-electron chi connectivity index (χ3n) is 2.47. The Hall–Kier alpha value is -1.31. The van der Waals surface area contributed by atoms with Gasteiger partial charge in [0.1, 0.15) is 5.83 Å². The summed E-state index contributed by atoms with van der Waals surface area (Å²) < 4.78 is 12.9. The van der Waals surface area contributed by atoms with Crippen LogP contribution in [0.1, 0.15) is 13.8 Å². The molecule has 0 unspecified atom stereocenters. The topological polar surface area (TPSA) is 3.24 Å². The molecule has 0 radical (unpaired) electrons. The Morgan fingerprint density at radius 1 is 1.36 bits per heavy atom. The largest absolute Gasteiger partial charge is 0.348 e. The SMILES string of the molecule is C=C(C1=CC=C1F)N(C)C(=C)C(C)C. The van der Waals surface area contributed by atoms with Crippen LogP contribution in [0.5, 0.6) is 0 Å². The van der Waals surface area contributed by atoms with Crippen LogP contribution in [0.15, 0.2) is 48.1 Å². The Bertz CT molecular complexity index is 334. The van der Waals surface area contributed by atoms with E-state index in [2.05, 4.69) is 13.2 Å². The van der Waals surface area contributed by atoms with E-state index in [1.54, 1.807) is 6.08 Å². The van der Waals surface area contributed by atoms with Crippen molar-refractivity contribution < 1.29 is 4.39 Å². The van der Waals surface area contributed by atoms with Gasteiger partial charge in [0.15, 0.2) is 0 Å². The minimum Gasteiger partial charge on any atom is -0.348 e. The van der Waals surface area contributed by atoms with Gasteiger partial charge in [-0.05, 0) is 18.1 Å². The molecule has 0 saturated heterocycles. The molecule has 14 heavy (non-hydrogen) atoms. The minimum atomic E-state index is -0.196. The molecule has 0 aliphatic heterocycles. The Labute approximate surface area is 84.9 Å². The normalized spacial score (nSPS) is 14.4. The van der Waals surface area contributed by atoms with Crippen molar-refractivity contribution >= 4 is 0 Å². The smallest absolute Gasteiger partial charge is 0.132 e. The summed E-state index contributed by atoms with van der Waals surface area (Å²) in [5.74, 6) is 0.142. The van der Waals surface area contributed by atoms with E-state index >= 15 is 0 Å². The number of nitrogens with zero attached hydrogens (tertiary/aromatic N) is 1. The highest BCUT2D eigenvalue weighted by molar-refractivity contribution is 5.52. The van der Waals surface area contributed by atoms with E-state index in [-0.39, 0.29) is 5.83 Å². The standard InChI is InChI=1S/C12H16FN/c1-8(2)9(3)14(5)10(4)11-6-7-12(11)13/h6-8H,3-4H2,1-2,5H3. The molecule has 0 fully saturated rings. The van der Waals surface area contributed by atoms with Gasteiger partial charge in [0.2, 0.25) is 0 Å². The number of hydrogen-bond acceptors (Lipinski definition) is 1. The van der Waals surface area contributed by atoms with E-state index in [4.69, 9.17) is 0 Å². The molecule has 0 aromatic heterocycles. The third kappa shape index (κ3) is 1.79. The summed E-state index contributed by atoms with van der Waals surface area (Å²) in [5.41, 5.74) is 2.19. The summed E-state index contributed by atoms with van der Waals surface area (Å²) in [6, 6.07) is 0. The first kappa shape index (κ1) is 10.8. The lowest BCUT2D eigenvalue weighted by molar-refractivity contribution is 0.458. The second-order valence-corrected chi connectivity index (χ2v) is 3.75. The zero-order chi connectivity index (χ0) is 10.9. The van der Waals surface area contributed by atoms with Crippen molar-refractivity contribution in [2.24, 2.45) is 5.92 Å². The van der Waals surface area contributed by atoms with Crippen molar-refractivity contribution in [3.63, 3.8) is 0 Å². The van der Waals surface area contributed by atoms with Crippen molar-refractivity contribution in [1.82, 2.24) is 4.90 Å². The van der Waals surface area contributed by atoms with Gasteiger partial charge in [-0.2, -0.15) is 0 Å². The van der Waals surface area contributed by atoms with Crippen molar-refractivity contribution in [1.29, 1.82) is 0 Å². The molecule has 1 nitrogen and oxygen atoms in total. The van der Waals surface area contributed by atoms with Gasteiger partial charge in [0.05, 0.1) is 0 Å². The maximum Gasteiger partial charge on any atom is 0.132 e. The first-order chi connectivity index (χ1) is 6.45. The monoisotopic (exact) mass is 193 g/mol. The molecule has 0 aromatic carbocycles. The van der Waals surface area contributed by atoms with Crippen LogP contribution in [-0.4, -0.2) is 11.9 Å². The van der Waals surface area contributed by atoms with E-state index in [0.29, 0.717) is 17.2 Å². The van der Waals surface area contributed by atoms with Crippen LogP contribution in [0.3, 0.4) is 0 Å². The van der Waals surface area contributed by atoms with Crippen LogP contribution in [0.2, 0.25) is 0 Å². The van der Waals surface area contributed by atoms with E-state index in [1.807, 2.05) is 25.8 Å². The molecular weight excluding hydrogens is 177 g/mol. The van der Waals surface area contributed by atoms with E-state index in [0.717, 1.165) is 5.70 Å². The van der Waals surface area contributed by atoms with Gasteiger partial charge in [-0.3, -0.25) is 0 Å². The number of likely N-dealkylation sites (N-methyl/N-ethyl adjacent to an activating group) is 1. The molecule has 2 heteroatoms. The summed E-state index contributed by atoms with van der Waals surface area (Å²) in [5, 5.41) is 0. The Kier molecular flexibility index (Phi) is 2.94. The molecule has 0 aromatic rings. The van der Waals surface area contributed by atoms with Gasteiger partial charge in [-0.1, -0.05) is 27.0 Å². The predicted molar refractivity (Wildman–Crippen MR) is 58.2 cm³/mol. The molecule has 1 rings (SSSR count). The number of allylic oxidation sites excluding steroid dienone is 4. The zero-order valence-electron chi connectivity index (χ0n) is 8.97. The lowest BCUT2D eigenvalue weighted by atomic mass is 10.0. The lowest BCUT2D eigenvalue weighted by Crippen LogP contribution is -2.21. The lowest BCUT2D eigenvalue weighted by Gasteiger charge is -2.28. The van der Waals surface area contributed by atoms with Crippen LogP contribution in [0.4, 0.5) is 4.39 Å². The van der Waals surface area contributed by atoms with E-state index in [9.17, 15) is 4.39 Å².